The van der Waals surface area contributed by atoms with E-state index < -0.39 is 6.67 Å². The van der Waals surface area contributed by atoms with E-state index in [-0.39, 0.29) is 18.4 Å². The smallest absolute Gasteiger partial charge is 0.243 e. The number of nitrogens with zero attached hydrogens (tertiary/aromatic N) is 2. The molecule has 0 saturated heterocycles. The zero-order chi connectivity index (χ0) is 15.9. The maximum Gasteiger partial charge on any atom is 0.243 e. The lowest BCUT2D eigenvalue weighted by Gasteiger charge is -2.09. The highest BCUT2D eigenvalue weighted by molar-refractivity contribution is 7.98. The summed E-state index contributed by atoms with van der Waals surface area (Å²) in [5.74, 6) is 0.355. The molecular formula is C14H16FN5OS. The predicted octanol–water partition coefficient (Wildman–Crippen LogP) is 2.30. The van der Waals surface area contributed by atoms with Crippen molar-refractivity contribution in [3.05, 3.63) is 35.9 Å². The fraction of sp³-hybridized carbons (Fsp3) is 0.214. The molecule has 8 heteroatoms. The van der Waals surface area contributed by atoms with Gasteiger partial charge in [0.05, 0.1) is 6.54 Å². The minimum Gasteiger partial charge on any atom is -0.368 e. The molecule has 0 aliphatic carbocycles. The number of carbonyl (C=O) groups excluding carboxylic acids is 1. The lowest BCUT2D eigenvalue weighted by atomic mass is 10.2. The molecule has 0 aliphatic heterocycles. The van der Waals surface area contributed by atoms with Gasteiger partial charge in [0.15, 0.2) is 0 Å². The molecule has 6 nitrogen and oxygen atoms in total. The molecule has 0 bridgehead atoms. The van der Waals surface area contributed by atoms with Crippen molar-refractivity contribution in [2.75, 3.05) is 29.2 Å². The molecule has 2 rings (SSSR count). The first-order valence-corrected chi connectivity index (χ1v) is 7.70. The predicted molar refractivity (Wildman–Crippen MR) is 86.6 cm³/mol. The van der Waals surface area contributed by atoms with E-state index in [1.807, 2.05) is 6.26 Å². The van der Waals surface area contributed by atoms with Crippen LogP contribution in [0.1, 0.15) is 5.56 Å². The van der Waals surface area contributed by atoms with Gasteiger partial charge in [-0.25, -0.2) is 9.37 Å². The van der Waals surface area contributed by atoms with Gasteiger partial charge >= 0.3 is 0 Å². The summed E-state index contributed by atoms with van der Waals surface area (Å²) in [4.78, 5) is 19.9. The number of nitrogens with one attached hydrogen (secondary N) is 2. The number of rotatable bonds is 6. The second-order valence-corrected chi connectivity index (χ2v) is 5.22. The molecule has 0 radical (unpaired) electrons. The Morgan fingerprint density at radius 1 is 1.36 bits per heavy atom. The Bertz CT molecular complexity index is 667. The van der Waals surface area contributed by atoms with Crippen LogP contribution in [0.25, 0.3) is 0 Å². The second kappa shape index (κ2) is 7.60. The quantitative estimate of drug-likeness (QED) is 0.558. The van der Waals surface area contributed by atoms with Crippen LogP contribution in [0.2, 0.25) is 0 Å². The number of halogens is 1. The van der Waals surface area contributed by atoms with Crippen LogP contribution in [-0.4, -0.2) is 28.7 Å². The van der Waals surface area contributed by atoms with Crippen molar-refractivity contribution in [2.45, 2.75) is 11.7 Å². The second-order valence-electron chi connectivity index (χ2n) is 4.39. The fourth-order valence-electron chi connectivity index (χ4n) is 1.75. The number of nitrogen functional groups attached to an aromatic ring is 1. The Balaban J connectivity index is 1.93. The van der Waals surface area contributed by atoms with Crippen molar-refractivity contribution < 1.29 is 9.18 Å². The molecule has 0 unspecified atom stereocenters. The number of carbonyl (C=O) groups is 1. The number of nitrogens with two attached hydrogens (primary N) is 1. The molecule has 1 aromatic heterocycles. The van der Waals surface area contributed by atoms with Crippen molar-refractivity contribution in [1.29, 1.82) is 0 Å². The number of alkyl halides is 1. The summed E-state index contributed by atoms with van der Waals surface area (Å²) in [6, 6.07) is 8.34. The Morgan fingerprint density at radius 3 is 2.91 bits per heavy atom. The highest BCUT2D eigenvalue weighted by Crippen LogP contribution is 2.16. The van der Waals surface area contributed by atoms with Gasteiger partial charge < -0.3 is 16.4 Å². The fourth-order valence-corrected chi connectivity index (χ4v) is 2.16. The van der Waals surface area contributed by atoms with Gasteiger partial charge in [0.1, 0.15) is 17.5 Å². The number of amides is 1. The van der Waals surface area contributed by atoms with Gasteiger partial charge in [0.25, 0.3) is 0 Å². The van der Waals surface area contributed by atoms with Crippen molar-refractivity contribution in [3.63, 3.8) is 0 Å². The van der Waals surface area contributed by atoms with Crippen LogP contribution in [0.5, 0.6) is 0 Å². The van der Waals surface area contributed by atoms with E-state index in [1.165, 1.54) is 11.8 Å². The van der Waals surface area contributed by atoms with Crippen LogP contribution in [-0.2, 0) is 11.5 Å². The summed E-state index contributed by atoms with van der Waals surface area (Å²) >= 11 is 1.43. The lowest BCUT2D eigenvalue weighted by molar-refractivity contribution is -0.114. The third kappa shape index (κ3) is 4.59. The molecule has 0 saturated carbocycles. The molecule has 1 amide bonds. The Morgan fingerprint density at radius 2 is 2.18 bits per heavy atom. The lowest BCUT2D eigenvalue weighted by Crippen LogP contribution is -2.22. The van der Waals surface area contributed by atoms with Crippen LogP contribution in [0.15, 0.2) is 35.4 Å². The highest BCUT2D eigenvalue weighted by atomic mass is 32.2. The Labute approximate surface area is 131 Å². The van der Waals surface area contributed by atoms with E-state index in [9.17, 15) is 9.18 Å². The highest BCUT2D eigenvalue weighted by Gasteiger charge is 2.06. The van der Waals surface area contributed by atoms with E-state index in [2.05, 4.69) is 20.6 Å². The van der Waals surface area contributed by atoms with E-state index in [4.69, 9.17) is 5.73 Å². The third-order valence-corrected chi connectivity index (χ3v) is 3.35. The molecule has 0 spiro atoms. The molecule has 22 heavy (non-hydrogen) atoms. The van der Waals surface area contributed by atoms with Crippen LogP contribution in [0, 0.1) is 0 Å². The first-order chi connectivity index (χ1) is 10.6. The summed E-state index contributed by atoms with van der Waals surface area (Å²) in [7, 11) is 0. The maximum atomic E-state index is 12.6. The molecule has 1 heterocycles. The SMILES string of the molecule is CSc1cc(NCC(=O)Nc2cccc(CF)c2)nc(N)n1. The summed E-state index contributed by atoms with van der Waals surface area (Å²) < 4.78 is 12.6. The minimum absolute atomic E-state index is 0.0180. The van der Waals surface area contributed by atoms with Crippen molar-refractivity contribution in [2.24, 2.45) is 0 Å². The van der Waals surface area contributed by atoms with Crippen molar-refractivity contribution in [3.8, 4) is 0 Å². The van der Waals surface area contributed by atoms with Gasteiger partial charge in [-0.3, -0.25) is 4.79 Å². The van der Waals surface area contributed by atoms with Crippen molar-refractivity contribution >= 4 is 35.1 Å². The van der Waals surface area contributed by atoms with E-state index in [0.29, 0.717) is 22.1 Å². The molecule has 116 valence electrons. The van der Waals surface area contributed by atoms with E-state index in [0.717, 1.165) is 0 Å². The van der Waals surface area contributed by atoms with Gasteiger partial charge in [0.2, 0.25) is 11.9 Å². The topological polar surface area (TPSA) is 92.9 Å². The molecular weight excluding hydrogens is 305 g/mol. The zero-order valence-electron chi connectivity index (χ0n) is 12.0. The number of thioether (sulfide) groups is 1. The summed E-state index contributed by atoms with van der Waals surface area (Å²) in [6.45, 7) is -0.552. The Kier molecular flexibility index (Phi) is 5.54. The van der Waals surface area contributed by atoms with Gasteiger partial charge in [-0.2, -0.15) is 4.98 Å². The van der Waals surface area contributed by atoms with Crippen molar-refractivity contribution in [1.82, 2.24) is 9.97 Å². The van der Waals surface area contributed by atoms with E-state index in [1.54, 1.807) is 30.3 Å². The molecule has 0 atom stereocenters. The molecule has 2 aromatic rings. The van der Waals surface area contributed by atoms with E-state index >= 15 is 0 Å². The maximum absolute atomic E-state index is 12.6. The molecule has 1 aromatic carbocycles. The largest absolute Gasteiger partial charge is 0.368 e. The number of anilines is 3. The number of hydrogen-bond donors (Lipinski definition) is 3. The summed E-state index contributed by atoms with van der Waals surface area (Å²) in [5, 5.41) is 6.27. The monoisotopic (exact) mass is 321 g/mol. The number of benzene rings is 1. The minimum atomic E-state index is -0.570. The standard InChI is InChI=1S/C14H16FN5OS/c1-22-13-6-11(19-14(16)20-13)17-8-12(21)18-10-4-2-3-9(5-10)7-15/h2-6H,7-8H2,1H3,(H,18,21)(H3,16,17,19,20). The molecule has 0 aliphatic rings. The average molecular weight is 321 g/mol. The summed E-state index contributed by atoms with van der Waals surface area (Å²) in [6.07, 6.45) is 1.87. The molecule has 0 fully saturated rings. The number of aromatic nitrogens is 2. The zero-order valence-corrected chi connectivity index (χ0v) is 12.8. The Hall–Kier alpha value is -2.35. The van der Waals surface area contributed by atoms with Gasteiger partial charge in [-0.1, -0.05) is 12.1 Å². The average Bonchev–Trinajstić information content (AvgIpc) is 2.52. The van der Waals surface area contributed by atoms with Crippen LogP contribution >= 0.6 is 11.8 Å². The first kappa shape index (κ1) is 16.0. The number of hydrogen-bond acceptors (Lipinski definition) is 6. The van der Waals surface area contributed by atoms with Gasteiger partial charge in [0, 0.05) is 11.8 Å². The molecule has 4 N–H and O–H groups in total. The van der Waals surface area contributed by atoms with Crippen LogP contribution in [0.4, 0.5) is 21.8 Å². The normalized spacial score (nSPS) is 10.3. The van der Waals surface area contributed by atoms with Gasteiger partial charge in [-0.05, 0) is 24.0 Å². The third-order valence-electron chi connectivity index (χ3n) is 2.72. The van der Waals surface area contributed by atoms with Crippen LogP contribution < -0.4 is 16.4 Å². The summed E-state index contributed by atoms with van der Waals surface area (Å²) in [5.41, 5.74) is 6.65. The van der Waals surface area contributed by atoms with Gasteiger partial charge in [-0.15, -0.1) is 11.8 Å². The van der Waals surface area contributed by atoms with Crippen LogP contribution in [0.3, 0.4) is 0 Å². The first-order valence-electron chi connectivity index (χ1n) is 6.48.